The number of amides is 2. The molecule has 3 fully saturated rings. The summed E-state index contributed by atoms with van der Waals surface area (Å²) < 4.78 is 24.4. The third-order valence-corrected chi connectivity index (χ3v) is 7.31. The summed E-state index contributed by atoms with van der Waals surface area (Å²) in [6, 6.07) is -0.551. The molecule has 136 valence electrons. The van der Waals surface area contributed by atoms with Gasteiger partial charge in [-0.15, -0.1) is 0 Å². The van der Waals surface area contributed by atoms with Gasteiger partial charge in [-0.1, -0.05) is 12.8 Å². The van der Waals surface area contributed by atoms with E-state index in [1.807, 2.05) is 9.80 Å². The van der Waals surface area contributed by atoms with Crippen LogP contribution >= 0.6 is 0 Å². The van der Waals surface area contributed by atoms with Gasteiger partial charge in [0.05, 0.1) is 24.1 Å². The van der Waals surface area contributed by atoms with E-state index >= 15 is 0 Å². The quantitative estimate of drug-likeness (QED) is 0.685. The standard InChI is InChI=1S/C16H27N3O4S/c1-17(2)15(20)9-18-7-8-19(16(21)12-5-3-4-6-12)14-11-24(22,23)10-13(14)18/h12-14H,3-11H2,1-2H3/t13-,14+/m1/s1. The average Bonchev–Trinajstić information content (AvgIpc) is 3.13. The van der Waals surface area contributed by atoms with Crippen LogP contribution in [-0.4, -0.2) is 92.3 Å². The molecule has 0 aromatic rings. The molecule has 24 heavy (non-hydrogen) atoms. The second kappa shape index (κ2) is 6.63. The maximum absolute atomic E-state index is 12.8. The molecule has 7 nitrogen and oxygen atoms in total. The number of carbonyl (C=O) groups excluding carboxylic acids is 2. The Morgan fingerprint density at radius 3 is 2.29 bits per heavy atom. The molecule has 2 saturated heterocycles. The summed E-state index contributed by atoms with van der Waals surface area (Å²) in [6.45, 7) is 1.30. The van der Waals surface area contributed by atoms with Gasteiger partial charge in [-0.2, -0.15) is 0 Å². The molecular weight excluding hydrogens is 330 g/mol. The molecule has 0 aromatic carbocycles. The number of carbonyl (C=O) groups is 2. The van der Waals surface area contributed by atoms with Crippen molar-refractivity contribution < 1.29 is 18.0 Å². The van der Waals surface area contributed by atoms with Gasteiger partial charge in [0.25, 0.3) is 0 Å². The third-order valence-electron chi connectivity index (χ3n) is 5.62. The van der Waals surface area contributed by atoms with Crippen molar-refractivity contribution in [2.24, 2.45) is 5.92 Å². The zero-order chi connectivity index (χ0) is 17.5. The number of sulfone groups is 1. The minimum Gasteiger partial charge on any atom is -0.348 e. The number of fused-ring (bicyclic) bond motifs is 1. The van der Waals surface area contributed by atoms with E-state index in [0.29, 0.717) is 13.1 Å². The zero-order valence-electron chi connectivity index (χ0n) is 14.5. The molecule has 3 rings (SSSR count). The Morgan fingerprint density at radius 2 is 1.67 bits per heavy atom. The molecule has 2 aliphatic heterocycles. The summed E-state index contributed by atoms with van der Waals surface area (Å²) in [7, 11) is 0.231. The summed E-state index contributed by atoms with van der Waals surface area (Å²) >= 11 is 0. The van der Waals surface area contributed by atoms with Gasteiger partial charge in [0.15, 0.2) is 9.84 Å². The fraction of sp³-hybridized carbons (Fsp3) is 0.875. The van der Waals surface area contributed by atoms with Crippen molar-refractivity contribution in [2.75, 3.05) is 45.2 Å². The lowest BCUT2D eigenvalue weighted by atomic mass is 10.00. The minimum atomic E-state index is -3.17. The van der Waals surface area contributed by atoms with Crippen LogP contribution in [0.2, 0.25) is 0 Å². The van der Waals surface area contributed by atoms with Crippen LogP contribution in [0.25, 0.3) is 0 Å². The van der Waals surface area contributed by atoms with Crippen molar-refractivity contribution in [1.82, 2.24) is 14.7 Å². The van der Waals surface area contributed by atoms with Crippen molar-refractivity contribution in [2.45, 2.75) is 37.8 Å². The first-order valence-electron chi connectivity index (χ1n) is 8.73. The van der Waals surface area contributed by atoms with Crippen LogP contribution in [0, 0.1) is 5.92 Å². The molecule has 2 heterocycles. The highest BCUT2D eigenvalue weighted by atomic mass is 32.2. The molecule has 0 N–H and O–H groups in total. The molecule has 0 spiro atoms. The maximum Gasteiger partial charge on any atom is 0.236 e. The highest BCUT2D eigenvalue weighted by molar-refractivity contribution is 7.91. The van der Waals surface area contributed by atoms with E-state index in [1.54, 1.807) is 14.1 Å². The van der Waals surface area contributed by atoms with E-state index in [4.69, 9.17) is 0 Å². The van der Waals surface area contributed by atoms with E-state index in [2.05, 4.69) is 0 Å². The smallest absolute Gasteiger partial charge is 0.236 e. The van der Waals surface area contributed by atoms with Crippen LogP contribution in [-0.2, 0) is 19.4 Å². The Kier molecular flexibility index (Phi) is 4.88. The number of likely N-dealkylation sites (N-methyl/N-ethyl adjacent to an activating group) is 1. The summed E-state index contributed by atoms with van der Waals surface area (Å²) in [5, 5.41) is 0. The highest BCUT2D eigenvalue weighted by Gasteiger charge is 2.49. The van der Waals surface area contributed by atoms with E-state index < -0.39 is 9.84 Å². The summed E-state index contributed by atoms with van der Waals surface area (Å²) in [5.41, 5.74) is 0. The SMILES string of the molecule is CN(C)C(=O)CN1CCN(C(=O)C2CCCC2)[C@H]2CS(=O)(=O)C[C@H]21. The molecule has 0 unspecified atom stereocenters. The Balaban J connectivity index is 1.77. The molecule has 8 heteroatoms. The third kappa shape index (κ3) is 3.44. The number of piperazine rings is 1. The van der Waals surface area contributed by atoms with Crippen molar-refractivity contribution in [1.29, 1.82) is 0 Å². The molecule has 2 atom stereocenters. The predicted octanol–water partition coefficient (Wildman–Crippen LogP) is -0.425. The molecular formula is C16H27N3O4S. The molecule has 1 saturated carbocycles. The maximum atomic E-state index is 12.8. The average molecular weight is 357 g/mol. The largest absolute Gasteiger partial charge is 0.348 e. The molecule has 0 bridgehead atoms. The Bertz CT molecular complexity index is 613. The van der Waals surface area contributed by atoms with Crippen LogP contribution < -0.4 is 0 Å². The van der Waals surface area contributed by atoms with Gasteiger partial charge in [-0.3, -0.25) is 14.5 Å². The number of rotatable bonds is 3. The van der Waals surface area contributed by atoms with Crippen molar-refractivity contribution >= 4 is 21.7 Å². The molecule has 1 aliphatic carbocycles. The first-order chi connectivity index (χ1) is 11.3. The second-order valence-corrected chi connectivity index (χ2v) is 9.64. The van der Waals surface area contributed by atoms with Crippen LogP contribution in [0.4, 0.5) is 0 Å². The first kappa shape index (κ1) is 17.7. The molecule has 3 aliphatic rings. The molecule has 0 radical (unpaired) electrons. The van der Waals surface area contributed by atoms with Crippen LogP contribution in [0.1, 0.15) is 25.7 Å². The van der Waals surface area contributed by atoms with Crippen molar-refractivity contribution in [3.05, 3.63) is 0 Å². The topological polar surface area (TPSA) is 78.0 Å². The Labute approximate surface area is 143 Å². The van der Waals surface area contributed by atoms with E-state index in [0.717, 1.165) is 25.7 Å². The number of hydrogen-bond donors (Lipinski definition) is 0. The van der Waals surface area contributed by atoms with Gasteiger partial charge in [-0.25, -0.2) is 8.42 Å². The van der Waals surface area contributed by atoms with E-state index in [-0.39, 0.29) is 47.9 Å². The number of hydrogen-bond acceptors (Lipinski definition) is 5. The zero-order valence-corrected chi connectivity index (χ0v) is 15.3. The Morgan fingerprint density at radius 1 is 1.04 bits per heavy atom. The van der Waals surface area contributed by atoms with Gasteiger partial charge < -0.3 is 9.80 Å². The molecule has 2 amide bonds. The van der Waals surface area contributed by atoms with Gasteiger partial charge >= 0.3 is 0 Å². The lowest BCUT2D eigenvalue weighted by Gasteiger charge is -2.44. The summed E-state index contributed by atoms with van der Waals surface area (Å²) in [4.78, 5) is 30.2. The minimum absolute atomic E-state index is 0.0305. The first-order valence-corrected chi connectivity index (χ1v) is 10.6. The highest BCUT2D eigenvalue weighted by Crippen LogP contribution is 2.32. The summed E-state index contributed by atoms with van der Waals surface area (Å²) in [5.74, 6) is 0.228. The number of nitrogens with zero attached hydrogens (tertiary/aromatic N) is 3. The Hall–Kier alpha value is -1.15. The van der Waals surface area contributed by atoms with Crippen molar-refractivity contribution in [3.63, 3.8) is 0 Å². The van der Waals surface area contributed by atoms with Gasteiger partial charge in [0.2, 0.25) is 11.8 Å². The normalized spacial score (nSPS) is 30.3. The van der Waals surface area contributed by atoms with Gasteiger partial charge in [-0.05, 0) is 12.8 Å². The van der Waals surface area contributed by atoms with Crippen LogP contribution in [0.15, 0.2) is 0 Å². The van der Waals surface area contributed by atoms with Gasteiger partial charge in [0, 0.05) is 39.1 Å². The van der Waals surface area contributed by atoms with Gasteiger partial charge in [0.1, 0.15) is 0 Å². The van der Waals surface area contributed by atoms with Crippen LogP contribution in [0.5, 0.6) is 0 Å². The van der Waals surface area contributed by atoms with Crippen molar-refractivity contribution in [3.8, 4) is 0 Å². The monoisotopic (exact) mass is 357 g/mol. The fourth-order valence-corrected chi connectivity index (χ4v) is 6.23. The fourth-order valence-electron chi connectivity index (χ4n) is 4.22. The lowest BCUT2D eigenvalue weighted by Crippen LogP contribution is -2.62. The second-order valence-electron chi connectivity index (χ2n) is 7.48. The van der Waals surface area contributed by atoms with Crippen LogP contribution in [0.3, 0.4) is 0 Å². The summed E-state index contributed by atoms with van der Waals surface area (Å²) in [6.07, 6.45) is 4.00. The predicted molar refractivity (Wildman–Crippen MR) is 90.2 cm³/mol. The van der Waals surface area contributed by atoms with E-state index in [1.165, 1.54) is 4.90 Å². The molecule has 0 aromatic heterocycles. The van der Waals surface area contributed by atoms with E-state index in [9.17, 15) is 18.0 Å². The lowest BCUT2D eigenvalue weighted by molar-refractivity contribution is -0.142.